The van der Waals surface area contributed by atoms with Crippen molar-refractivity contribution in [2.24, 2.45) is 5.92 Å². The lowest BCUT2D eigenvalue weighted by atomic mass is 9.96. The summed E-state index contributed by atoms with van der Waals surface area (Å²) in [6.45, 7) is 7.43. The van der Waals surface area contributed by atoms with Gasteiger partial charge in [0.2, 0.25) is 0 Å². The maximum Gasteiger partial charge on any atom is 0.0366 e. The highest BCUT2D eigenvalue weighted by Crippen LogP contribution is 2.25. The summed E-state index contributed by atoms with van der Waals surface area (Å²) < 4.78 is 0. The van der Waals surface area contributed by atoms with Crippen molar-refractivity contribution < 1.29 is 0 Å². The number of likely N-dealkylation sites (tertiary alicyclic amines) is 1. The van der Waals surface area contributed by atoms with Crippen LogP contribution in [-0.4, -0.2) is 44.7 Å². The molecule has 0 unspecified atom stereocenters. The van der Waals surface area contributed by atoms with Crippen molar-refractivity contribution >= 4 is 5.69 Å². The van der Waals surface area contributed by atoms with E-state index in [9.17, 15) is 0 Å². The number of rotatable bonds is 5. The second-order valence-electron chi connectivity index (χ2n) is 6.63. The Kier molecular flexibility index (Phi) is 5.15. The lowest BCUT2D eigenvalue weighted by molar-refractivity contribution is 0.249. The third kappa shape index (κ3) is 3.98. The summed E-state index contributed by atoms with van der Waals surface area (Å²) in [5, 5.41) is 3.20. The molecule has 1 aromatic carbocycles. The summed E-state index contributed by atoms with van der Waals surface area (Å²) in [5.74, 6) is 0.919. The van der Waals surface area contributed by atoms with Crippen molar-refractivity contribution in [3.63, 3.8) is 0 Å². The Labute approximate surface area is 129 Å². The predicted octanol–water partition coefficient (Wildman–Crippen LogP) is 2.72. The molecule has 0 bridgehead atoms. The fraction of sp³-hybridized carbons (Fsp3) is 0.667. The van der Waals surface area contributed by atoms with E-state index in [2.05, 4.69) is 39.4 Å². The van der Waals surface area contributed by atoms with E-state index in [0.717, 1.165) is 12.5 Å². The minimum Gasteiger partial charge on any atom is -0.372 e. The SMILES string of the molecule is CNCc1ccc(N2CCC(CN3CCCC3)CC2)cc1. The number of piperidine rings is 1. The van der Waals surface area contributed by atoms with Gasteiger partial charge in [0.05, 0.1) is 0 Å². The van der Waals surface area contributed by atoms with Crippen molar-refractivity contribution in [3.05, 3.63) is 29.8 Å². The largest absolute Gasteiger partial charge is 0.372 e. The number of nitrogens with zero attached hydrogens (tertiary/aromatic N) is 2. The standard InChI is InChI=1S/C18H29N3/c1-19-14-16-4-6-18(7-5-16)21-12-8-17(9-13-21)15-20-10-2-3-11-20/h4-7,17,19H,2-3,8-15H2,1H3. The van der Waals surface area contributed by atoms with Gasteiger partial charge in [0, 0.05) is 31.9 Å². The monoisotopic (exact) mass is 287 g/mol. The zero-order valence-electron chi connectivity index (χ0n) is 13.4. The smallest absolute Gasteiger partial charge is 0.0366 e. The zero-order chi connectivity index (χ0) is 14.5. The van der Waals surface area contributed by atoms with Crippen LogP contribution >= 0.6 is 0 Å². The molecule has 2 saturated heterocycles. The van der Waals surface area contributed by atoms with E-state index in [1.807, 2.05) is 7.05 Å². The second-order valence-corrected chi connectivity index (χ2v) is 6.63. The molecule has 1 aromatic rings. The summed E-state index contributed by atoms with van der Waals surface area (Å²) in [7, 11) is 2.00. The van der Waals surface area contributed by atoms with E-state index in [-0.39, 0.29) is 0 Å². The average Bonchev–Trinajstić information content (AvgIpc) is 3.02. The quantitative estimate of drug-likeness (QED) is 0.898. The van der Waals surface area contributed by atoms with Gasteiger partial charge in [-0.3, -0.25) is 0 Å². The molecular weight excluding hydrogens is 258 g/mol. The number of hydrogen-bond donors (Lipinski definition) is 1. The van der Waals surface area contributed by atoms with Crippen molar-refractivity contribution in [2.75, 3.05) is 44.7 Å². The molecule has 3 heteroatoms. The lowest BCUT2D eigenvalue weighted by Crippen LogP contribution is -2.38. The Morgan fingerprint density at radius 1 is 1.00 bits per heavy atom. The third-order valence-corrected chi connectivity index (χ3v) is 5.01. The molecule has 0 saturated carbocycles. The van der Waals surface area contributed by atoms with Crippen LogP contribution < -0.4 is 10.2 Å². The summed E-state index contributed by atoms with van der Waals surface area (Å²) in [5.41, 5.74) is 2.76. The van der Waals surface area contributed by atoms with Gasteiger partial charge < -0.3 is 15.1 Å². The Balaban J connectivity index is 1.48. The van der Waals surface area contributed by atoms with Gasteiger partial charge in [-0.2, -0.15) is 0 Å². The highest BCUT2D eigenvalue weighted by atomic mass is 15.2. The minimum absolute atomic E-state index is 0.919. The lowest BCUT2D eigenvalue weighted by Gasteiger charge is -2.35. The number of hydrogen-bond acceptors (Lipinski definition) is 3. The van der Waals surface area contributed by atoms with E-state index in [0.29, 0.717) is 0 Å². The van der Waals surface area contributed by atoms with Crippen molar-refractivity contribution in [2.45, 2.75) is 32.2 Å². The molecule has 0 atom stereocenters. The Bertz CT molecular complexity index is 415. The molecule has 0 amide bonds. The van der Waals surface area contributed by atoms with Crippen molar-refractivity contribution in [3.8, 4) is 0 Å². The Morgan fingerprint density at radius 3 is 2.29 bits per heavy atom. The maximum atomic E-state index is 3.20. The first kappa shape index (κ1) is 14.9. The second kappa shape index (κ2) is 7.28. The van der Waals surface area contributed by atoms with Crippen LogP contribution in [0.5, 0.6) is 0 Å². The van der Waals surface area contributed by atoms with Crippen LogP contribution in [0.25, 0.3) is 0 Å². The van der Waals surface area contributed by atoms with Gasteiger partial charge in [0.25, 0.3) is 0 Å². The van der Waals surface area contributed by atoms with Crippen LogP contribution in [0, 0.1) is 5.92 Å². The van der Waals surface area contributed by atoms with E-state index < -0.39 is 0 Å². The molecule has 0 spiro atoms. The summed E-state index contributed by atoms with van der Waals surface area (Å²) in [6.07, 6.45) is 5.54. The molecule has 0 aromatic heterocycles. The Hall–Kier alpha value is -1.06. The zero-order valence-corrected chi connectivity index (χ0v) is 13.4. The Morgan fingerprint density at radius 2 is 1.67 bits per heavy atom. The molecule has 2 heterocycles. The van der Waals surface area contributed by atoms with Crippen LogP contribution in [0.15, 0.2) is 24.3 Å². The first-order chi connectivity index (χ1) is 10.3. The van der Waals surface area contributed by atoms with Crippen LogP contribution in [0.1, 0.15) is 31.2 Å². The molecule has 2 aliphatic rings. The molecule has 1 N–H and O–H groups in total. The van der Waals surface area contributed by atoms with Gasteiger partial charge in [-0.1, -0.05) is 12.1 Å². The van der Waals surface area contributed by atoms with Crippen LogP contribution in [0.3, 0.4) is 0 Å². The molecule has 2 fully saturated rings. The molecule has 3 rings (SSSR count). The first-order valence-electron chi connectivity index (χ1n) is 8.56. The fourth-order valence-corrected chi connectivity index (χ4v) is 3.73. The highest BCUT2D eigenvalue weighted by molar-refractivity contribution is 5.47. The topological polar surface area (TPSA) is 18.5 Å². The van der Waals surface area contributed by atoms with Crippen molar-refractivity contribution in [1.29, 1.82) is 0 Å². The first-order valence-corrected chi connectivity index (χ1v) is 8.56. The van der Waals surface area contributed by atoms with Crippen LogP contribution in [-0.2, 0) is 6.54 Å². The minimum atomic E-state index is 0.919. The van der Waals surface area contributed by atoms with Crippen LogP contribution in [0.4, 0.5) is 5.69 Å². The third-order valence-electron chi connectivity index (χ3n) is 5.01. The summed E-state index contributed by atoms with van der Waals surface area (Å²) in [6, 6.07) is 9.07. The maximum absolute atomic E-state index is 3.20. The van der Waals surface area contributed by atoms with Gasteiger partial charge >= 0.3 is 0 Å². The van der Waals surface area contributed by atoms with Crippen LogP contribution in [0.2, 0.25) is 0 Å². The van der Waals surface area contributed by atoms with Gasteiger partial charge in [0.15, 0.2) is 0 Å². The van der Waals surface area contributed by atoms with E-state index in [4.69, 9.17) is 0 Å². The number of nitrogens with one attached hydrogen (secondary N) is 1. The van der Waals surface area contributed by atoms with Gasteiger partial charge in [-0.25, -0.2) is 0 Å². The van der Waals surface area contributed by atoms with Gasteiger partial charge in [-0.15, -0.1) is 0 Å². The molecule has 3 nitrogen and oxygen atoms in total. The average molecular weight is 287 g/mol. The number of anilines is 1. The molecule has 0 radical (unpaired) electrons. The van der Waals surface area contributed by atoms with E-state index >= 15 is 0 Å². The molecule has 2 aliphatic heterocycles. The van der Waals surface area contributed by atoms with Gasteiger partial charge in [0.1, 0.15) is 0 Å². The predicted molar refractivity (Wildman–Crippen MR) is 89.8 cm³/mol. The van der Waals surface area contributed by atoms with Crippen molar-refractivity contribution in [1.82, 2.24) is 10.2 Å². The fourth-order valence-electron chi connectivity index (χ4n) is 3.73. The molecular formula is C18H29N3. The normalized spacial score (nSPS) is 21.1. The summed E-state index contributed by atoms with van der Waals surface area (Å²) >= 11 is 0. The highest BCUT2D eigenvalue weighted by Gasteiger charge is 2.22. The number of benzene rings is 1. The molecule has 21 heavy (non-hydrogen) atoms. The molecule has 116 valence electrons. The van der Waals surface area contributed by atoms with E-state index in [1.54, 1.807) is 0 Å². The summed E-state index contributed by atoms with van der Waals surface area (Å²) in [4.78, 5) is 5.23. The van der Waals surface area contributed by atoms with Gasteiger partial charge in [-0.05, 0) is 69.4 Å². The van der Waals surface area contributed by atoms with E-state index in [1.165, 1.54) is 69.7 Å². The molecule has 0 aliphatic carbocycles.